The number of likely N-dealkylation sites (tertiary alicyclic amines) is 1. The quantitative estimate of drug-likeness (QED) is 0.723. The van der Waals surface area contributed by atoms with E-state index in [0.29, 0.717) is 5.41 Å². The van der Waals surface area contributed by atoms with Crippen LogP contribution >= 0.6 is 12.4 Å². The van der Waals surface area contributed by atoms with Gasteiger partial charge in [-0.05, 0) is 51.6 Å². The average molecular weight is 219 g/mol. The van der Waals surface area contributed by atoms with Crippen LogP contribution in [0.2, 0.25) is 0 Å². The molecule has 2 nitrogen and oxygen atoms in total. The molecule has 2 aliphatic heterocycles. The normalized spacial score (nSPS) is 33.6. The van der Waals surface area contributed by atoms with Gasteiger partial charge in [-0.25, -0.2) is 0 Å². The second-order valence-electron chi connectivity index (χ2n) is 5.09. The minimum absolute atomic E-state index is 0. The first-order valence-corrected chi connectivity index (χ1v) is 5.67. The highest BCUT2D eigenvalue weighted by atomic mass is 35.5. The summed E-state index contributed by atoms with van der Waals surface area (Å²) in [6.45, 7) is 9.78. The topological polar surface area (TPSA) is 15.3 Å². The predicted octanol–water partition coefficient (Wildman–Crippen LogP) is 1.89. The molecule has 2 fully saturated rings. The molecule has 2 saturated heterocycles. The van der Waals surface area contributed by atoms with Gasteiger partial charge in [0.15, 0.2) is 0 Å². The van der Waals surface area contributed by atoms with Crippen LogP contribution in [0.15, 0.2) is 0 Å². The Morgan fingerprint density at radius 3 is 2.57 bits per heavy atom. The Labute approximate surface area is 93.8 Å². The zero-order valence-electron chi connectivity index (χ0n) is 9.38. The highest BCUT2D eigenvalue weighted by molar-refractivity contribution is 5.85. The van der Waals surface area contributed by atoms with E-state index in [4.69, 9.17) is 0 Å². The number of nitrogens with one attached hydrogen (secondary N) is 1. The van der Waals surface area contributed by atoms with E-state index in [9.17, 15) is 0 Å². The molecule has 2 heterocycles. The van der Waals surface area contributed by atoms with Gasteiger partial charge in [0, 0.05) is 19.1 Å². The van der Waals surface area contributed by atoms with Crippen molar-refractivity contribution >= 4 is 12.4 Å². The summed E-state index contributed by atoms with van der Waals surface area (Å²) in [6, 6.07) is 0.737. The van der Waals surface area contributed by atoms with Crippen molar-refractivity contribution in [3.8, 4) is 0 Å². The van der Waals surface area contributed by atoms with Gasteiger partial charge in [0.05, 0.1) is 0 Å². The molecule has 14 heavy (non-hydrogen) atoms. The summed E-state index contributed by atoms with van der Waals surface area (Å²) in [4.78, 5) is 2.63. The minimum atomic E-state index is 0. The Bertz CT molecular complexity index is 176. The minimum Gasteiger partial charge on any atom is -0.316 e. The third-order valence-corrected chi connectivity index (χ3v) is 3.76. The third kappa shape index (κ3) is 2.41. The van der Waals surface area contributed by atoms with Crippen LogP contribution in [-0.4, -0.2) is 37.1 Å². The van der Waals surface area contributed by atoms with E-state index in [1.54, 1.807) is 0 Å². The van der Waals surface area contributed by atoms with E-state index < -0.39 is 0 Å². The molecule has 1 N–H and O–H groups in total. The van der Waals surface area contributed by atoms with Crippen molar-refractivity contribution in [3.63, 3.8) is 0 Å². The monoisotopic (exact) mass is 218 g/mol. The maximum atomic E-state index is 3.55. The molecule has 0 aromatic heterocycles. The van der Waals surface area contributed by atoms with Gasteiger partial charge in [0.25, 0.3) is 0 Å². The Morgan fingerprint density at radius 1 is 1.29 bits per heavy atom. The van der Waals surface area contributed by atoms with E-state index in [1.807, 2.05) is 0 Å². The smallest absolute Gasteiger partial charge is 0.00533 e. The molecule has 0 aromatic rings. The fourth-order valence-electron chi connectivity index (χ4n) is 2.79. The summed E-state index contributed by atoms with van der Waals surface area (Å²) < 4.78 is 0. The van der Waals surface area contributed by atoms with Crippen LogP contribution in [0.1, 0.15) is 33.1 Å². The van der Waals surface area contributed by atoms with Gasteiger partial charge in [0.2, 0.25) is 0 Å². The van der Waals surface area contributed by atoms with Crippen LogP contribution < -0.4 is 5.32 Å². The van der Waals surface area contributed by atoms with E-state index >= 15 is 0 Å². The molecule has 1 unspecified atom stereocenters. The zero-order valence-corrected chi connectivity index (χ0v) is 10.2. The van der Waals surface area contributed by atoms with Crippen LogP contribution in [0, 0.1) is 5.41 Å². The predicted molar refractivity (Wildman–Crippen MR) is 63.1 cm³/mol. The van der Waals surface area contributed by atoms with Crippen LogP contribution in [0.5, 0.6) is 0 Å². The second-order valence-corrected chi connectivity index (χ2v) is 5.09. The summed E-state index contributed by atoms with van der Waals surface area (Å²) >= 11 is 0. The SMILES string of the molecule is CC(C)N1CCC2(CCCNC2)C1.Cl. The lowest BCUT2D eigenvalue weighted by molar-refractivity contribution is 0.185. The summed E-state index contributed by atoms with van der Waals surface area (Å²) in [5, 5.41) is 3.55. The number of hydrogen-bond acceptors (Lipinski definition) is 2. The van der Waals surface area contributed by atoms with Crippen LogP contribution in [0.4, 0.5) is 0 Å². The highest BCUT2D eigenvalue weighted by Gasteiger charge is 2.39. The van der Waals surface area contributed by atoms with E-state index in [1.165, 1.54) is 45.4 Å². The fraction of sp³-hybridized carbons (Fsp3) is 1.00. The summed E-state index contributed by atoms with van der Waals surface area (Å²) in [5.41, 5.74) is 0.641. The Kier molecular flexibility index (Phi) is 4.23. The fourth-order valence-corrected chi connectivity index (χ4v) is 2.79. The Balaban J connectivity index is 0.000000980. The summed E-state index contributed by atoms with van der Waals surface area (Å²) in [7, 11) is 0. The first-order chi connectivity index (χ1) is 6.22. The van der Waals surface area contributed by atoms with Crippen molar-refractivity contribution in [1.29, 1.82) is 0 Å². The first kappa shape index (κ1) is 12.3. The number of hydrogen-bond donors (Lipinski definition) is 1. The lowest BCUT2D eigenvalue weighted by Gasteiger charge is -2.34. The number of rotatable bonds is 1. The average Bonchev–Trinajstić information content (AvgIpc) is 2.51. The Morgan fingerprint density at radius 2 is 2.07 bits per heavy atom. The first-order valence-electron chi connectivity index (χ1n) is 5.67. The van der Waals surface area contributed by atoms with Crippen LogP contribution in [0.3, 0.4) is 0 Å². The number of piperidine rings is 1. The van der Waals surface area contributed by atoms with Crippen molar-refractivity contribution in [2.45, 2.75) is 39.2 Å². The van der Waals surface area contributed by atoms with Crippen LogP contribution in [0.25, 0.3) is 0 Å². The summed E-state index contributed by atoms with van der Waals surface area (Å²) in [5.74, 6) is 0. The molecule has 1 spiro atoms. The lowest BCUT2D eigenvalue weighted by atomic mass is 9.80. The molecule has 3 heteroatoms. The standard InChI is InChI=1S/C11H22N2.ClH/c1-10(2)13-7-5-11(9-13)4-3-6-12-8-11;/h10,12H,3-9H2,1-2H3;1H. The maximum Gasteiger partial charge on any atom is 0.00533 e. The van der Waals surface area contributed by atoms with Crippen LogP contribution in [-0.2, 0) is 0 Å². The summed E-state index contributed by atoms with van der Waals surface area (Å²) in [6.07, 6.45) is 4.24. The lowest BCUT2D eigenvalue weighted by Crippen LogP contribution is -2.42. The molecule has 0 aromatic carbocycles. The molecule has 84 valence electrons. The van der Waals surface area contributed by atoms with Crippen molar-refractivity contribution in [1.82, 2.24) is 10.2 Å². The molecule has 0 bridgehead atoms. The van der Waals surface area contributed by atoms with Gasteiger partial charge in [-0.1, -0.05) is 0 Å². The second kappa shape index (κ2) is 4.82. The third-order valence-electron chi connectivity index (χ3n) is 3.76. The zero-order chi connectivity index (χ0) is 9.31. The van der Waals surface area contributed by atoms with Gasteiger partial charge in [-0.15, -0.1) is 12.4 Å². The van der Waals surface area contributed by atoms with Crippen molar-refractivity contribution in [2.75, 3.05) is 26.2 Å². The van der Waals surface area contributed by atoms with Gasteiger partial charge < -0.3 is 10.2 Å². The van der Waals surface area contributed by atoms with Gasteiger partial charge in [-0.3, -0.25) is 0 Å². The van der Waals surface area contributed by atoms with Gasteiger partial charge in [-0.2, -0.15) is 0 Å². The van der Waals surface area contributed by atoms with Crippen molar-refractivity contribution in [3.05, 3.63) is 0 Å². The molecule has 1 atom stereocenters. The maximum absolute atomic E-state index is 3.55. The molecule has 0 aliphatic carbocycles. The molecule has 2 rings (SSSR count). The highest BCUT2D eigenvalue weighted by Crippen LogP contribution is 2.36. The van der Waals surface area contributed by atoms with Gasteiger partial charge in [0.1, 0.15) is 0 Å². The largest absolute Gasteiger partial charge is 0.316 e. The molecule has 0 radical (unpaired) electrons. The van der Waals surface area contributed by atoms with E-state index in [0.717, 1.165) is 6.04 Å². The Hall–Kier alpha value is 0.210. The molecule has 0 saturated carbocycles. The molecular formula is C11H23ClN2. The number of nitrogens with zero attached hydrogens (tertiary/aromatic N) is 1. The van der Waals surface area contributed by atoms with E-state index in [-0.39, 0.29) is 12.4 Å². The van der Waals surface area contributed by atoms with Crippen molar-refractivity contribution < 1.29 is 0 Å². The molecule has 2 aliphatic rings. The number of halogens is 1. The van der Waals surface area contributed by atoms with E-state index in [2.05, 4.69) is 24.1 Å². The molecule has 0 amide bonds. The molecular weight excluding hydrogens is 196 g/mol. The van der Waals surface area contributed by atoms with Crippen molar-refractivity contribution in [2.24, 2.45) is 5.41 Å². The van der Waals surface area contributed by atoms with Gasteiger partial charge >= 0.3 is 0 Å².